The Balaban J connectivity index is 1.68. The lowest BCUT2D eigenvalue weighted by atomic mass is 10.1. The fraction of sp³-hybridized carbons (Fsp3) is 0.471. The van der Waals surface area contributed by atoms with Gasteiger partial charge < -0.3 is 9.72 Å². The SMILES string of the molecule is C[C@@H]1C[C@H]1c1nc(-c2cccc3[nH]cnc23)n(C2CCOC2)n1. The fourth-order valence-electron chi connectivity index (χ4n) is 3.48. The molecule has 1 saturated carbocycles. The van der Waals surface area contributed by atoms with Crippen molar-refractivity contribution in [1.82, 2.24) is 24.7 Å². The molecule has 3 aromatic rings. The number of fused-ring (bicyclic) bond motifs is 1. The molecule has 0 radical (unpaired) electrons. The van der Waals surface area contributed by atoms with E-state index in [4.69, 9.17) is 14.8 Å². The Morgan fingerprint density at radius 2 is 2.26 bits per heavy atom. The van der Waals surface area contributed by atoms with Gasteiger partial charge in [0.1, 0.15) is 0 Å². The lowest BCUT2D eigenvalue weighted by Crippen LogP contribution is -2.12. The van der Waals surface area contributed by atoms with Gasteiger partial charge >= 0.3 is 0 Å². The zero-order chi connectivity index (χ0) is 15.4. The van der Waals surface area contributed by atoms with Gasteiger partial charge in [-0.2, -0.15) is 5.10 Å². The van der Waals surface area contributed by atoms with Gasteiger partial charge in [0.25, 0.3) is 0 Å². The van der Waals surface area contributed by atoms with Crippen LogP contribution in [0.25, 0.3) is 22.4 Å². The van der Waals surface area contributed by atoms with Gasteiger partial charge in [0.2, 0.25) is 0 Å². The smallest absolute Gasteiger partial charge is 0.161 e. The predicted molar refractivity (Wildman–Crippen MR) is 86.1 cm³/mol. The van der Waals surface area contributed by atoms with Gasteiger partial charge in [-0.3, -0.25) is 0 Å². The van der Waals surface area contributed by atoms with E-state index in [0.717, 1.165) is 41.3 Å². The Labute approximate surface area is 133 Å². The molecule has 1 aliphatic heterocycles. The molecule has 2 fully saturated rings. The number of rotatable bonds is 3. The number of nitrogens with zero attached hydrogens (tertiary/aromatic N) is 4. The summed E-state index contributed by atoms with van der Waals surface area (Å²) in [5, 5.41) is 4.86. The number of hydrogen-bond donors (Lipinski definition) is 1. The number of para-hydroxylation sites is 1. The van der Waals surface area contributed by atoms with E-state index in [1.807, 2.05) is 12.1 Å². The minimum Gasteiger partial charge on any atom is -0.379 e. The molecule has 6 nitrogen and oxygen atoms in total. The highest BCUT2D eigenvalue weighted by Gasteiger charge is 2.39. The molecule has 5 rings (SSSR count). The number of ether oxygens (including phenoxy) is 1. The molecule has 3 heterocycles. The first-order chi connectivity index (χ1) is 11.3. The van der Waals surface area contributed by atoms with Crippen LogP contribution in [-0.2, 0) is 4.74 Å². The molecule has 23 heavy (non-hydrogen) atoms. The van der Waals surface area contributed by atoms with Crippen LogP contribution in [0.2, 0.25) is 0 Å². The zero-order valence-corrected chi connectivity index (χ0v) is 13.1. The van der Waals surface area contributed by atoms with Crippen LogP contribution in [0.15, 0.2) is 24.5 Å². The highest BCUT2D eigenvalue weighted by Crippen LogP contribution is 2.46. The Bertz CT molecular complexity index is 861. The highest BCUT2D eigenvalue weighted by molar-refractivity contribution is 5.89. The molecule has 118 valence electrons. The Kier molecular flexibility index (Phi) is 2.82. The lowest BCUT2D eigenvalue weighted by molar-refractivity contribution is 0.184. The molecule has 6 heteroatoms. The van der Waals surface area contributed by atoms with Crippen LogP contribution in [0.1, 0.15) is 37.5 Å². The number of H-pyrrole nitrogens is 1. The van der Waals surface area contributed by atoms with E-state index in [0.29, 0.717) is 18.4 Å². The average Bonchev–Trinajstić information content (AvgIpc) is 3.08. The Morgan fingerprint density at radius 1 is 1.35 bits per heavy atom. The van der Waals surface area contributed by atoms with Crippen molar-refractivity contribution >= 4 is 11.0 Å². The maximum Gasteiger partial charge on any atom is 0.161 e. The van der Waals surface area contributed by atoms with E-state index in [1.165, 1.54) is 6.42 Å². The van der Waals surface area contributed by atoms with Crippen molar-refractivity contribution in [1.29, 1.82) is 0 Å². The number of imidazole rings is 1. The Morgan fingerprint density at radius 3 is 3.04 bits per heavy atom. The molecule has 0 bridgehead atoms. The summed E-state index contributed by atoms with van der Waals surface area (Å²) in [6.45, 7) is 3.77. The molecule has 1 saturated heterocycles. The van der Waals surface area contributed by atoms with Gasteiger partial charge in [-0.25, -0.2) is 14.6 Å². The van der Waals surface area contributed by atoms with Gasteiger partial charge in [-0.15, -0.1) is 0 Å². The third kappa shape index (κ3) is 2.09. The molecule has 2 aromatic heterocycles. The molecule has 0 amide bonds. The van der Waals surface area contributed by atoms with Crippen molar-refractivity contribution < 1.29 is 4.74 Å². The molecular formula is C17H19N5O. The second-order valence-electron chi connectivity index (χ2n) is 6.68. The lowest BCUT2D eigenvalue weighted by Gasteiger charge is -2.11. The molecular weight excluding hydrogens is 290 g/mol. The van der Waals surface area contributed by atoms with Crippen LogP contribution in [0, 0.1) is 5.92 Å². The van der Waals surface area contributed by atoms with Crippen LogP contribution in [0.3, 0.4) is 0 Å². The minimum absolute atomic E-state index is 0.273. The normalized spacial score (nSPS) is 26.9. The first-order valence-corrected chi connectivity index (χ1v) is 8.28. The third-order valence-electron chi connectivity index (χ3n) is 5.03. The summed E-state index contributed by atoms with van der Waals surface area (Å²) in [6, 6.07) is 6.43. The third-order valence-corrected chi connectivity index (χ3v) is 5.03. The summed E-state index contributed by atoms with van der Waals surface area (Å²) in [5.74, 6) is 3.11. The van der Waals surface area contributed by atoms with Crippen molar-refractivity contribution in [2.45, 2.75) is 31.7 Å². The summed E-state index contributed by atoms with van der Waals surface area (Å²) >= 11 is 0. The molecule has 1 N–H and O–H groups in total. The van der Waals surface area contributed by atoms with Crippen LogP contribution in [0.5, 0.6) is 0 Å². The first-order valence-electron chi connectivity index (χ1n) is 8.28. The zero-order valence-electron chi connectivity index (χ0n) is 13.1. The van der Waals surface area contributed by atoms with Gasteiger partial charge in [0, 0.05) is 18.1 Å². The van der Waals surface area contributed by atoms with Crippen molar-refractivity contribution in [2.75, 3.05) is 13.2 Å². The predicted octanol–water partition coefficient (Wildman–Crippen LogP) is 2.91. The molecule has 1 unspecified atom stereocenters. The second kappa shape index (κ2) is 4.89. The maximum atomic E-state index is 5.57. The summed E-state index contributed by atoms with van der Waals surface area (Å²) < 4.78 is 7.65. The van der Waals surface area contributed by atoms with Gasteiger partial charge in [0.15, 0.2) is 11.6 Å². The number of benzene rings is 1. The topological polar surface area (TPSA) is 68.6 Å². The molecule has 1 aliphatic carbocycles. The van der Waals surface area contributed by atoms with Gasteiger partial charge in [-0.05, 0) is 30.9 Å². The average molecular weight is 309 g/mol. The largest absolute Gasteiger partial charge is 0.379 e. The van der Waals surface area contributed by atoms with E-state index >= 15 is 0 Å². The van der Waals surface area contributed by atoms with Crippen LogP contribution in [-0.4, -0.2) is 37.9 Å². The van der Waals surface area contributed by atoms with E-state index < -0.39 is 0 Å². The van der Waals surface area contributed by atoms with E-state index in [2.05, 4.69) is 27.6 Å². The van der Waals surface area contributed by atoms with Crippen molar-refractivity contribution in [2.24, 2.45) is 5.92 Å². The van der Waals surface area contributed by atoms with Crippen molar-refractivity contribution in [3.8, 4) is 11.4 Å². The quantitative estimate of drug-likeness (QED) is 0.807. The Hall–Kier alpha value is -2.21. The van der Waals surface area contributed by atoms with Crippen LogP contribution >= 0.6 is 0 Å². The minimum atomic E-state index is 0.273. The standard InChI is InChI=1S/C17H19N5O/c1-10-7-13(10)16-20-17(22(21-16)11-5-6-23-8-11)12-3-2-4-14-15(12)19-9-18-14/h2-4,9-11,13H,5-8H2,1H3,(H,18,19)/t10-,11?,13-/m1/s1. The number of nitrogens with one attached hydrogen (secondary N) is 1. The summed E-state index contributed by atoms with van der Waals surface area (Å²) in [6.07, 6.45) is 3.92. The van der Waals surface area contributed by atoms with Crippen LogP contribution in [0.4, 0.5) is 0 Å². The fourth-order valence-corrected chi connectivity index (χ4v) is 3.48. The summed E-state index contributed by atoms with van der Waals surface area (Å²) in [5.41, 5.74) is 3.03. The molecule has 2 aliphatic rings. The number of hydrogen-bond acceptors (Lipinski definition) is 4. The molecule has 3 atom stereocenters. The maximum absolute atomic E-state index is 5.57. The molecule has 1 aromatic carbocycles. The first kappa shape index (κ1) is 13.2. The van der Waals surface area contributed by atoms with E-state index in [9.17, 15) is 0 Å². The monoisotopic (exact) mass is 309 g/mol. The number of aromatic amines is 1. The number of aromatic nitrogens is 5. The summed E-state index contributed by atoms with van der Waals surface area (Å²) in [4.78, 5) is 12.6. The van der Waals surface area contributed by atoms with Crippen LogP contribution < -0.4 is 0 Å². The molecule has 0 spiro atoms. The summed E-state index contributed by atoms with van der Waals surface area (Å²) in [7, 11) is 0. The van der Waals surface area contributed by atoms with E-state index in [1.54, 1.807) is 6.33 Å². The second-order valence-corrected chi connectivity index (χ2v) is 6.68. The van der Waals surface area contributed by atoms with Gasteiger partial charge in [0.05, 0.1) is 30.0 Å². The van der Waals surface area contributed by atoms with Gasteiger partial charge in [-0.1, -0.05) is 13.0 Å². The highest BCUT2D eigenvalue weighted by atomic mass is 16.5. The van der Waals surface area contributed by atoms with Crippen molar-refractivity contribution in [3.05, 3.63) is 30.4 Å². The van der Waals surface area contributed by atoms with Crippen molar-refractivity contribution in [3.63, 3.8) is 0 Å². The van der Waals surface area contributed by atoms with E-state index in [-0.39, 0.29) is 6.04 Å².